The maximum Gasteiger partial charge on any atom is 0.237 e. The molecule has 4 nitrogen and oxygen atoms in total. The minimum atomic E-state index is -0.493. The summed E-state index contributed by atoms with van der Waals surface area (Å²) in [5.74, 6) is -0.150. The van der Waals surface area contributed by atoms with Crippen molar-refractivity contribution in [2.24, 2.45) is 5.73 Å². The van der Waals surface area contributed by atoms with Gasteiger partial charge in [0, 0.05) is 6.54 Å². The molecule has 14 heavy (non-hydrogen) atoms. The van der Waals surface area contributed by atoms with Crippen LogP contribution in [-0.2, 0) is 9.53 Å². The maximum absolute atomic E-state index is 11.2. The fourth-order valence-electron chi connectivity index (χ4n) is 0.868. The monoisotopic (exact) mass is 198 g/mol. The first kappa shape index (κ1) is 12.7. The van der Waals surface area contributed by atoms with Crippen LogP contribution >= 0.6 is 0 Å². The van der Waals surface area contributed by atoms with Crippen LogP contribution in [0.5, 0.6) is 0 Å². The first-order chi connectivity index (χ1) is 6.72. The highest BCUT2D eigenvalue weighted by atomic mass is 16.5. The largest absolute Gasteiger partial charge is 0.502 e. The smallest absolute Gasteiger partial charge is 0.237 e. The van der Waals surface area contributed by atoms with Gasteiger partial charge >= 0.3 is 0 Å². The second-order valence-electron chi connectivity index (χ2n) is 2.81. The molecule has 0 heterocycles. The van der Waals surface area contributed by atoms with Crippen molar-refractivity contribution in [3.05, 3.63) is 25.5 Å². The number of amides is 1. The molecule has 0 fully saturated rings. The number of nitrogens with two attached hydrogens (primary N) is 1. The Hall–Kier alpha value is -1.29. The van der Waals surface area contributed by atoms with Gasteiger partial charge in [0.15, 0.2) is 0 Å². The third-order valence-electron chi connectivity index (χ3n) is 1.61. The summed E-state index contributed by atoms with van der Waals surface area (Å²) in [5.41, 5.74) is 5.54. The molecule has 4 heteroatoms. The molecule has 1 unspecified atom stereocenters. The Balaban J connectivity index is 3.43. The summed E-state index contributed by atoms with van der Waals surface area (Å²) in [6.07, 6.45) is 4.25. The Bertz CT molecular complexity index is 193. The zero-order valence-electron chi connectivity index (χ0n) is 8.37. The van der Waals surface area contributed by atoms with Crippen molar-refractivity contribution in [1.82, 2.24) is 5.32 Å². The molecule has 0 saturated heterocycles. The second kappa shape index (κ2) is 8.31. The lowest BCUT2D eigenvalue weighted by atomic mass is 10.2. The molecule has 0 radical (unpaired) electrons. The van der Waals surface area contributed by atoms with Gasteiger partial charge in [0.25, 0.3) is 0 Å². The van der Waals surface area contributed by atoms with Crippen molar-refractivity contribution >= 4 is 5.91 Å². The second-order valence-corrected chi connectivity index (χ2v) is 2.81. The molecule has 0 aromatic heterocycles. The Morgan fingerprint density at radius 1 is 1.57 bits per heavy atom. The first-order valence-electron chi connectivity index (χ1n) is 4.59. The van der Waals surface area contributed by atoms with Crippen LogP contribution in [0.3, 0.4) is 0 Å². The van der Waals surface area contributed by atoms with Crippen molar-refractivity contribution in [3.63, 3.8) is 0 Å². The van der Waals surface area contributed by atoms with E-state index < -0.39 is 6.04 Å². The molecule has 0 aliphatic heterocycles. The third kappa shape index (κ3) is 6.25. The number of carbonyl (C=O) groups excluding carboxylic acids is 1. The molecule has 80 valence electrons. The van der Waals surface area contributed by atoms with Gasteiger partial charge in [0.1, 0.15) is 0 Å². The van der Waals surface area contributed by atoms with Gasteiger partial charge in [-0.2, -0.15) is 0 Å². The van der Waals surface area contributed by atoms with E-state index in [1.54, 1.807) is 6.08 Å². The molecule has 0 aromatic carbocycles. The number of hydrogen-bond acceptors (Lipinski definition) is 3. The SMILES string of the molecule is C=CCC(N)C(=O)NCCCOC=C. The zero-order valence-corrected chi connectivity index (χ0v) is 8.37. The molecule has 3 N–H and O–H groups in total. The van der Waals surface area contributed by atoms with Crippen molar-refractivity contribution in [1.29, 1.82) is 0 Å². The summed E-state index contributed by atoms with van der Waals surface area (Å²) < 4.78 is 4.89. The standard InChI is InChI=1S/C10H18N2O2/c1-3-6-9(11)10(13)12-7-5-8-14-4-2/h3-4,9H,1-2,5-8,11H2,(H,12,13). The molecule has 0 saturated carbocycles. The van der Waals surface area contributed by atoms with E-state index in [-0.39, 0.29) is 5.91 Å². The average Bonchev–Trinajstić information content (AvgIpc) is 2.17. The molecule has 0 rings (SSSR count). The number of hydrogen-bond donors (Lipinski definition) is 2. The van der Waals surface area contributed by atoms with Crippen LogP contribution in [-0.4, -0.2) is 25.1 Å². The van der Waals surface area contributed by atoms with E-state index in [0.717, 1.165) is 6.42 Å². The summed E-state index contributed by atoms with van der Waals surface area (Å²) in [7, 11) is 0. The Labute approximate surface area is 84.8 Å². The summed E-state index contributed by atoms with van der Waals surface area (Å²) in [4.78, 5) is 11.2. The topological polar surface area (TPSA) is 64.4 Å². The van der Waals surface area contributed by atoms with Crippen LogP contribution in [0.4, 0.5) is 0 Å². The van der Waals surface area contributed by atoms with Crippen LogP contribution < -0.4 is 11.1 Å². The Morgan fingerprint density at radius 3 is 2.86 bits per heavy atom. The molecule has 0 bridgehead atoms. The maximum atomic E-state index is 11.2. The van der Waals surface area contributed by atoms with E-state index in [2.05, 4.69) is 18.5 Å². The molecule has 0 aliphatic rings. The minimum Gasteiger partial charge on any atom is -0.502 e. The van der Waals surface area contributed by atoms with Gasteiger partial charge in [0.05, 0.1) is 18.9 Å². The van der Waals surface area contributed by atoms with Gasteiger partial charge in [-0.3, -0.25) is 4.79 Å². The quantitative estimate of drug-likeness (QED) is 0.340. The lowest BCUT2D eigenvalue weighted by Gasteiger charge is -2.09. The van der Waals surface area contributed by atoms with E-state index >= 15 is 0 Å². The summed E-state index contributed by atoms with van der Waals surface area (Å²) in [6.45, 7) is 8.04. The van der Waals surface area contributed by atoms with Crippen LogP contribution in [0.1, 0.15) is 12.8 Å². The molecule has 0 aromatic rings. The van der Waals surface area contributed by atoms with Crippen LogP contribution in [0, 0.1) is 0 Å². The Morgan fingerprint density at radius 2 is 2.29 bits per heavy atom. The van der Waals surface area contributed by atoms with E-state index in [1.807, 2.05) is 0 Å². The van der Waals surface area contributed by atoms with Crippen molar-refractivity contribution < 1.29 is 9.53 Å². The molecular weight excluding hydrogens is 180 g/mol. The highest BCUT2D eigenvalue weighted by Crippen LogP contribution is 1.89. The fourth-order valence-corrected chi connectivity index (χ4v) is 0.868. The number of nitrogens with one attached hydrogen (secondary N) is 1. The lowest BCUT2D eigenvalue weighted by molar-refractivity contribution is -0.122. The van der Waals surface area contributed by atoms with Gasteiger partial charge in [-0.25, -0.2) is 0 Å². The van der Waals surface area contributed by atoms with Crippen molar-refractivity contribution in [2.75, 3.05) is 13.2 Å². The molecule has 1 atom stereocenters. The molecular formula is C10H18N2O2. The highest BCUT2D eigenvalue weighted by molar-refractivity contribution is 5.81. The lowest BCUT2D eigenvalue weighted by Crippen LogP contribution is -2.40. The van der Waals surface area contributed by atoms with Crippen LogP contribution in [0.15, 0.2) is 25.5 Å². The third-order valence-corrected chi connectivity index (χ3v) is 1.61. The van der Waals surface area contributed by atoms with E-state index in [9.17, 15) is 4.79 Å². The predicted molar refractivity (Wildman–Crippen MR) is 56.6 cm³/mol. The van der Waals surface area contributed by atoms with E-state index in [0.29, 0.717) is 19.6 Å². The number of rotatable bonds is 8. The Kier molecular flexibility index (Phi) is 7.55. The normalized spacial score (nSPS) is 11.5. The molecule has 0 spiro atoms. The van der Waals surface area contributed by atoms with Gasteiger partial charge in [-0.1, -0.05) is 12.7 Å². The van der Waals surface area contributed by atoms with Crippen molar-refractivity contribution in [2.45, 2.75) is 18.9 Å². The van der Waals surface area contributed by atoms with E-state index in [4.69, 9.17) is 10.5 Å². The number of ether oxygens (including phenoxy) is 1. The fraction of sp³-hybridized carbons (Fsp3) is 0.500. The van der Waals surface area contributed by atoms with Crippen LogP contribution in [0.2, 0.25) is 0 Å². The first-order valence-corrected chi connectivity index (χ1v) is 4.59. The summed E-state index contributed by atoms with van der Waals surface area (Å²) in [5, 5.41) is 2.70. The molecule has 0 aliphatic carbocycles. The van der Waals surface area contributed by atoms with Crippen LogP contribution in [0.25, 0.3) is 0 Å². The van der Waals surface area contributed by atoms with Gasteiger partial charge in [-0.05, 0) is 12.8 Å². The summed E-state index contributed by atoms with van der Waals surface area (Å²) in [6, 6.07) is -0.493. The zero-order chi connectivity index (χ0) is 10.8. The van der Waals surface area contributed by atoms with Gasteiger partial charge < -0.3 is 15.8 Å². The predicted octanol–water partition coefficient (Wildman–Crippen LogP) is 0.556. The van der Waals surface area contributed by atoms with Gasteiger partial charge in [-0.15, -0.1) is 6.58 Å². The van der Waals surface area contributed by atoms with Gasteiger partial charge in [0.2, 0.25) is 5.91 Å². The molecule has 1 amide bonds. The van der Waals surface area contributed by atoms with E-state index in [1.165, 1.54) is 6.26 Å². The summed E-state index contributed by atoms with van der Waals surface area (Å²) >= 11 is 0. The highest BCUT2D eigenvalue weighted by Gasteiger charge is 2.09. The minimum absolute atomic E-state index is 0.150. The number of carbonyl (C=O) groups is 1. The average molecular weight is 198 g/mol. The van der Waals surface area contributed by atoms with Crippen molar-refractivity contribution in [3.8, 4) is 0 Å².